The Morgan fingerprint density at radius 1 is 1.36 bits per heavy atom. The van der Waals surface area contributed by atoms with E-state index in [2.05, 4.69) is 11.6 Å². The van der Waals surface area contributed by atoms with Gasteiger partial charge in [-0.05, 0) is 38.8 Å². The lowest BCUT2D eigenvalue weighted by atomic mass is 10.2. The number of carbonyl (C=O) groups excluding carboxylic acids is 1. The fourth-order valence-corrected chi connectivity index (χ4v) is 3.16. The predicted molar refractivity (Wildman–Crippen MR) is 99.7 cm³/mol. The van der Waals surface area contributed by atoms with E-state index < -0.39 is 0 Å². The van der Waals surface area contributed by atoms with Crippen LogP contribution in [0.25, 0.3) is 10.9 Å². The molecular weight excluding hydrogens is 314 g/mol. The Hall–Kier alpha value is -2.43. The molecule has 1 aliphatic carbocycles. The van der Waals surface area contributed by atoms with Crippen molar-refractivity contribution >= 4 is 16.8 Å². The van der Waals surface area contributed by atoms with E-state index in [1.807, 2.05) is 42.7 Å². The van der Waals surface area contributed by atoms with E-state index in [0.717, 1.165) is 24.2 Å². The summed E-state index contributed by atoms with van der Waals surface area (Å²) in [6.07, 6.45) is 2.87. The van der Waals surface area contributed by atoms with Crippen LogP contribution < -0.4 is 5.56 Å². The number of hydrogen-bond acceptors (Lipinski definition) is 3. The maximum atomic E-state index is 12.8. The molecule has 5 heteroatoms. The van der Waals surface area contributed by atoms with Crippen LogP contribution in [0.4, 0.5) is 0 Å². The van der Waals surface area contributed by atoms with Gasteiger partial charge in [-0.15, -0.1) is 0 Å². The number of fused-ring (bicyclic) bond motifs is 1. The number of benzene rings is 1. The summed E-state index contributed by atoms with van der Waals surface area (Å²) in [5.41, 5.74) is 1.69. The van der Waals surface area contributed by atoms with Crippen molar-refractivity contribution in [1.29, 1.82) is 0 Å². The van der Waals surface area contributed by atoms with Gasteiger partial charge in [-0.25, -0.2) is 4.98 Å². The molecule has 0 spiro atoms. The maximum Gasteiger partial charge on any atom is 0.261 e. The number of amides is 1. The van der Waals surface area contributed by atoms with Gasteiger partial charge in [0.1, 0.15) is 5.82 Å². The molecule has 0 radical (unpaired) electrons. The van der Waals surface area contributed by atoms with Crippen LogP contribution in [0.1, 0.15) is 45.0 Å². The van der Waals surface area contributed by atoms with Crippen molar-refractivity contribution in [2.45, 2.75) is 45.6 Å². The minimum absolute atomic E-state index is 0.0184. The summed E-state index contributed by atoms with van der Waals surface area (Å²) in [4.78, 5) is 31.8. The van der Waals surface area contributed by atoms with Crippen LogP contribution in [0.3, 0.4) is 0 Å². The first-order chi connectivity index (χ1) is 12.0. The lowest BCUT2D eigenvalue weighted by Gasteiger charge is -2.21. The van der Waals surface area contributed by atoms with E-state index >= 15 is 0 Å². The summed E-state index contributed by atoms with van der Waals surface area (Å²) in [6.45, 7) is 9.01. The molecule has 5 nitrogen and oxygen atoms in total. The largest absolute Gasteiger partial charge is 0.339 e. The SMILES string of the molecule is C=C(C)CN(CC)C(=O)CCc1nc2ccccc2c(=O)n1C1CC1. The fraction of sp³-hybridized carbons (Fsp3) is 0.450. The third-order valence-electron chi connectivity index (χ3n) is 4.55. The van der Waals surface area contributed by atoms with E-state index in [4.69, 9.17) is 0 Å². The summed E-state index contributed by atoms with van der Waals surface area (Å²) in [5.74, 6) is 0.807. The molecule has 1 saturated carbocycles. The molecule has 25 heavy (non-hydrogen) atoms. The second kappa shape index (κ2) is 7.21. The van der Waals surface area contributed by atoms with Gasteiger partial charge in [0.25, 0.3) is 5.56 Å². The van der Waals surface area contributed by atoms with Gasteiger partial charge in [0.05, 0.1) is 10.9 Å². The zero-order valence-corrected chi connectivity index (χ0v) is 15.0. The van der Waals surface area contributed by atoms with Crippen molar-refractivity contribution in [3.05, 3.63) is 52.6 Å². The molecule has 2 aromatic rings. The van der Waals surface area contributed by atoms with Crippen LogP contribution >= 0.6 is 0 Å². The van der Waals surface area contributed by atoms with Crippen molar-refractivity contribution in [2.75, 3.05) is 13.1 Å². The van der Waals surface area contributed by atoms with Gasteiger partial charge < -0.3 is 4.90 Å². The minimum Gasteiger partial charge on any atom is -0.339 e. The van der Waals surface area contributed by atoms with Gasteiger partial charge in [-0.2, -0.15) is 0 Å². The Labute approximate surface area is 148 Å². The highest BCUT2D eigenvalue weighted by Crippen LogP contribution is 2.34. The second-order valence-electron chi connectivity index (χ2n) is 6.82. The van der Waals surface area contributed by atoms with Gasteiger partial charge in [0.15, 0.2) is 0 Å². The summed E-state index contributed by atoms with van der Waals surface area (Å²) >= 11 is 0. The molecule has 3 rings (SSSR count). The van der Waals surface area contributed by atoms with Crippen LogP contribution in [0.15, 0.2) is 41.2 Å². The van der Waals surface area contributed by atoms with Crippen molar-refractivity contribution in [3.8, 4) is 0 Å². The first-order valence-electron chi connectivity index (χ1n) is 8.93. The second-order valence-corrected chi connectivity index (χ2v) is 6.82. The van der Waals surface area contributed by atoms with Gasteiger partial charge in [0, 0.05) is 32.0 Å². The lowest BCUT2D eigenvalue weighted by molar-refractivity contribution is -0.130. The van der Waals surface area contributed by atoms with Crippen LogP contribution in [-0.4, -0.2) is 33.4 Å². The summed E-state index contributed by atoms with van der Waals surface area (Å²) in [5, 5.41) is 0.655. The van der Waals surface area contributed by atoms with Gasteiger partial charge >= 0.3 is 0 Å². The summed E-state index contributed by atoms with van der Waals surface area (Å²) < 4.78 is 1.81. The van der Waals surface area contributed by atoms with E-state index in [0.29, 0.717) is 36.8 Å². The van der Waals surface area contributed by atoms with E-state index in [9.17, 15) is 9.59 Å². The zero-order valence-electron chi connectivity index (χ0n) is 15.0. The molecule has 0 saturated heterocycles. The van der Waals surface area contributed by atoms with Crippen molar-refractivity contribution in [1.82, 2.24) is 14.5 Å². The first-order valence-corrected chi connectivity index (χ1v) is 8.93. The number of aromatic nitrogens is 2. The third kappa shape index (κ3) is 3.81. The van der Waals surface area contributed by atoms with Crippen molar-refractivity contribution < 1.29 is 4.79 Å². The van der Waals surface area contributed by atoms with Gasteiger partial charge in [0.2, 0.25) is 5.91 Å². The molecule has 0 unspecified atom stereocenters. The van der Waals surface area contributed by atoms with E-state index in [-0.39, 0.29) is 17.5 Å². The van der Waals surface area contributed by atoms with Crippen LogP contribution in [-0.2, 0) is 11.2 Å². The first kappa shape index (κ1) is 17.4. The fourth-order valence-electron chi connectivity index (χ4n) is 3.16. The molecule has 1 aromatic heterocycles. The van der Waals surface area contributed by atoms with Crippen molar-refractivity contribution in [3.63, 3.8) is 0 Å². The van der Waals surface area contributed by atoms with Crippen LogP contribution in [0.2, 0.25) is 0 Å². The predicted octanol–water partition coefficient (Wildman–Crippen LogP) is 3.09. The standard InChI is InChI=1S/C20H25N3O2/c1-4-22(13-14(2)3)19(24)12-11-18-21-17-8-6-5-7-16(17)20(25)23(18)15-9-10-15/h5-8,15H,2,4,9-13H2,1,3H3. The molecule has 0 bridgehead atoms. The van der Waals surface area contributed by atoms with Crippen molar-refractivity contribution in [2.24, 2.45) is 0 Å². The summed E-state index contributed by atoms with van der Waals surface area (Å²) in [6, 6.07) is 7.68. The number of aryl methyl sites for hydroxylation is 1. The number of carbonyl (C=O) groups is 1. The minimum atomic E-state index is 0.0184. The highest BCUT2D eigenvalue weighted by atomic mass is 16.2. The molecule has 1 aliphatic rings. The van der Waals surface area contributed by atoms with Crippen LogP contribution in [0, 0.1) is 0 Å². The molecule has 0 N–H and O–H groups in total. The maximum absolute atomic E-state index is 12.8. The molecular formula is C20H25N3O2. The molecule has 1 amide bonds. The van der Waals surface area contributed by atoms with Gasteiger partial charge in [-0.1, -0.05) is 24.3 Å². The Morgan fingerprint density at radius 3 is 2.72 bits per heavy atom. The molecule has 0 atom stereocenters. The highest BCUT2D eigenvalue weighted by molar-refractivity contribution is 5.78. The molecule has 0 aliphatic heterocycles. The Balaban J connectivity index is 1.86. The number of rotatable bonds is 7. The third-order valence-corrected chi connectivity index (χ3v) is 4.55. The number of likely N-dealkylation sites (N-methyl/N-ethyl adjacent to an activating group) is 1. The number of para-hydroxylation sites is 1. The zero-order chi connectivity index (χ0) is 18.0. The van der Waals surface area contributed by atoms with Gasteiger partial charge in [-0.3, -0.25) is 14.2 Å². The quantitative estimate of drug-likeness (QED) is 0.729. The Morgan fingerprint density at radius 2 is 2.08 bits per heavy atom. The topological polar surface area (TPSA) is 55.2 Å². The Bertz CT molecular complexity index is 865. The Kier molecular flexibility index (Phi) is 5.02. The normalized spacial score (nSPS) is 13.8. The van der Waals surface area contributed by atoms with E-state index in [1.165, 1.54) is 0 Å². The average Bonchev–Trinajstić information content (AvgIpc) is 3.42. The highest BCUT2D eigenvalue weighted by Gasteiger charge is 2.28. The molecule has 1 fully saturated rings. The average molecular weight is 339 g/mol. The van der Waals surface area contributed by atoms with Crippen LogP contribution in [0.5, 0.6) is 0 Å². The summed E-state index contributed by atoms with van der Waals surface area (Å²) in [7, 11) is 0. The number of nitrogens with zero attached hydrogens (tertiary/aromatic N) is 3. The lowest BCUT2D eigenvalue weighted by Crippen LogP contribution is -2.33. The molecule has 1 heterocycles. The molecule has 132 valence electrons. The smallest absolute Gasteiger partial charge is 0.261 e. The number of hydrogen-bond donors (Lipinski definition) is 0. The monoisotopic (exact) mass is 339 g/mol. The molecule has 1 aromatic carbocycles. The van der Waals surface area contributed by atoms with E-state index in [1.54, 1.807) is 4.90 Å².